The monoisotopic (exact) mass is 509 g/mol. The van der Waals surface area contributed by atoms with E-state index < -0.39 is 0 Å². The Hall–Kier alpha value is -0.830. The normalized spacial score (nSPS) is 15.2. The van der Waals surface area contributed by atoms with Gasteiger partial charge >= 0.3 is 5.97 Å². The zero-order valence-electron chi connectivity index (χ0n) is 14.1. The van der Waals surface area contributed by atoms with Gasteiger partial charge in [-0.15, -0.1) is 24.0 Å². The average Bonchev–Trinajstić information content (AvgIpc) is 3.33. The van der Waals surface area contributed by atoms with Crippen molar-refractivity contribution in [1.82, 2.24) is 10.6 Å². The van der Waals surface area contributed by atoms with Gasteiger partial charge in [-0.3, -0.25) is 9.79 Å². The standard InChI is InChI=1S/C17H24BrN3O2.HI/c1-3-19-16(20-11-8-15(22)23-2)21-12-17(9-10-17)13-6-4-5-7-14(13)18;/h4-7H,3,8-12H2,1-2H3,(H2,19,20,21);1H. The summed E-state index contributed by atoms with van der Waals surface area (Å²) in [5.74, 6) is 0.523. The molecule has 1 aliphatic carbocycles. The van der Waals surface area contributed by atoms with Crippen molar-refractivity contribution < 1.29 is 9.53 Å². The molecular formula is C17H25BrIN3O2. The van der Waals surface area contributed by atoms with Crippen LogP contribution in [0.15, 0.2) is 33.7 Å². The Morgan fingerprint density at radius 1 is 1.33 bits per heavy atom. The minimum Gasteiger partial charge on any atom is -0.469 e. The number of nitrogens with one attached hydrogen (secondary N) is 2. The first-order valence-electron chi connectivity index (χ1n) is 7.95. The summed E-state index contributed by atoms with van der Waals surface area (Å²) in [5, 5.41) is 6.39. The number of benzene rings is 1. The molecule has 0 saturated heterocycles. The van der Waals surface area contributed by atoms with Crippen LogP contribution in [0, 0.1) is 0 Å². The highest BCUT2D eigenvalue weighted by Gasteiger charge is 2.45. The van der Waals surface area contributed by atoms with Crippen molar-refractivity contribution in [2.24, 2.45) is 4.99 Å². The third kappa shape index (κ3) is 5.91. The first kappa shape index (κ1) is 21.2. The number of aliphatic imine (C=N–C) groups is 1. The predicted molar refractivity (Wildman–Crippen MR) is 111 cm³/mol. The van der Waals surface area contributed by atoms with Gasteiger partial charge in [0.25, 0.3) is 0 Å². The Kier molecular flexibility index (Phi) is 9.04. The molecule has 7 heteroatoms. The highest BCUT2D eigenvalue weighted by molar-refractivity contribution is 14.0. The molecule has 1 aliphatic rings. The van der Waals surface area contributed by atoms with Crippen LogP contribution in [0.25, 0.3) is 0 Å². The zero-order valence-corrected chi connectivity index (χ0v) is 18.0. The molecule has 24 heavy (non-hydrogen) atoms. The van der Waals surface area contributed by atoms with Crippen molar-refractivity contribution in [2.45, 2.75) is 31.6 Å². The van der Waals surface area contributed by atoms with Crippen molar-refractivity contribution in [1.29, 1.82) is 0 Å². The van der Waals surface area contributed by atoms with E-state index in [1.54, 1.807) is 0 Å². The van der Waals surface area contributed by atoms with Crippen LogP contribution in [-0.2, 0) is 14.9 Å². The van der Waals surface area contributed by atoms with E-state index in [1.807, 2.05) is 13.0 Å². The Labute approximate surface area is 169 Å². The van der Waals surface area contributed by atoms with Crippen LogP contribution in [0.3, 0.4) is 0 Å². The molecule has 1 saturated carbocycles. The van der Waals surface area contributed by atoms with Crippen molar-refractivity contribution in [3.05, 3.63) is 34.3 Å². The van der Waals surface area contributed by atoms with Crippen molar-refractivity contribution in [3.63, 3.8) is 0 Å². The molecule has 0 amide bonds. The molecule has 0 spiro atoms. The van der Waals surface area contributed by atoms with Crippen LogP contribution >= 0.6 is 39.9 Å². The lowest BCUT2D eigenvalue weighted by Gasteiger charge is -2.17. The Balaban J connectivity index is 0.00000288. The zero-order chi connectivity index (χ0) is 16.7. The van der Waals surface area contributed by atoms with Gasteiger partial charge in [-0.25, -0.2) is 0 Å². The molecule has 0 radical (unpaired) electrons. The van der Waals surface area contributed by atoms with E-state index in [-0.39, 0.29) is 35.4 Å². The number of methoxy groups -OCH3 is 1. The molecule has 1 aromatic rings. The van der Waals surface area contributed by atoms with Gasteiger partial charge < -0.3 is 15.4 Å². The summed E-state index contributed by atoms with van der Waals surface area (Å²) < 4.78 is 5.79. The highest BCUT2D eigenvalue weighted by atomic mass is 127. The topological polar surface area (TPSA) is 62.7 Å². The van der Waals surface area contributed by atoms with E-state index in [0.717, 1.165) is 36.4 Å². The maximum atomic E-state index is 11.2. The second-order valence-electron chi connectivity index (χ2n) is 5.71. The smallest absolute Gasteiger partial charge is 0.307 e. The number of guanidine groups is 1. The van der Waals surface area contributed by atoms with Gasteiger partial charge in [0, 0.05) is 23.0 Å². The molecule has 2 N–H and O–H groups in total. The quantitative estimate of drug-likeness (QED) is 0.256. The number of ether oxygens (including phenoxy) is 1. The molecule has 134 valence electrons. The highest BCUT2D eigenvalue weighted by Crippen LogP contribution is 2.50. The van der Waals surface area contributed by atoms with Gasteiger partial charge in [0.2, 0.25) is 0 Å². The molecule has 0 aliphatic heterocycles. The fourth-order valence-electron chi connectivity index (χ4n) is 2.51. The minimum absolute atomic E-state index is 0. The Bertz CT molecular complexity index is 577. The SMILES string of the molecule is CCNC(=NCC1(c2ccccc2Br)CC1)NCCC(=O)OC.I. The van der Waals surface area contributed by atoms with Crippen LogP contribution in [0.1, 0.15) is 31.7 Å². The molecule has 5 nitrogen and oxygen atoms in total. The molecule has 0 atom stereocenters. The van der Waals surface area contributed by atoms with Crippen LogP contribution in [0.4, 0.5) is 0 Å². The summed E-state index contributed by atoms with van der Waals surface area (Å²) in [6.45, 7) is 4.06. The van der Waals surface area contributed by atoms with E-state index in [9.17, 15) is 4.79 Å². The largest absolute Gasteiger partial charge is 0.469 e. The number of hydrogen-bond acceptors (Lipinski definition) is 3. The number of esters is 1. The molecule has 2 rings (SSSR count). The number of halogens is 2. The molecule has 0 aromatic heterocycles. The second kappa shape index (κ2) is 10.2. The number of hydrogen-bond donors (Lipinski definition) is 2. The molecule has 1 aromatic carbocycles. The summed E-state index contributed by atoms with van der Waals surface area (Å²) in [7, 11) is 1.40. The first-order chi connectivity index (χ1) is 11.1. The van der Waals surface area contributed by atoms with E-state index in [4.69, 9.17) is 4.99 Å². The molecule has 0 bridgehead atoms. The maximum Gasteiger partial charge on any atom is 0.307 e. The number of carbonyl (C=O) groups is 1. The Morgan fingerprint density at radius 2 is 2.04 bits per heavy atom. The van der Waals surface area contributed by atoms with Gasteiger partial charge in [-0.1, -0.05) is 34.1 Å². The molecule has 0 heterocycles. The van der Waals surface area contributed by atoms with Gasteiger partial charge in [0.1, 0.15) is 0 Å². The number of rotatable bonds is 7. The van der Waals surface area contributed by atoms with Crippen LogP contribution in [0.5, 0.6) is 0 Å². The number of nitrogens with zero attached hydrogens (tertiary/aromatic N) is 1. The van der Waals surface area contributed by atoms with Crippen LogP contribution < -0.4 is 10.6 Å². The second-order valence-corrected chi connectivity index (χ2v) is 6.56. The summed E-state index contributed by atoms with van der Waals surface area (Å²) in [6.07, 6.45) is 2.64. The predicted octanol–water partition coefficient (Wildman–Crippen LogP) is 3.22. The van der Waals surface area contributed by atoms with Crippen LogP contribution in [0.2, 0.25) is 0 Å². The van der Waals surface area contributed by atoms with E-state index in [2.05, 4.69) is 49.5 Å². The summed E-state index contributed by atoms with van der Waals surface area (Å²) >= 11 is 3.64. The Morgan fingerprint density at radius 3 is 2.62 bits per heavy atom. The summed E-state index contributed by atoms with van der Waals surface area (Å²) in [4.78, 5) is 15.9. The fourth-order valence-corrected chi connectivity index (χ4v) is 3.22. The van der Waals surface area contributed by atoms with Crippen molar-refractivity contribution in [2.75, 3.05) is 26.7 Å². The van der Waals surface area contributed by atoms with Gasteiger partial charge in [0.05, 0.1) is 20.1 Å². The van der Waals surface area contributed by atoms with Gasteiger partial charge in [-0.05, 0) is 31.4 Å². The van der Waals surface area contributed by atoms with E-state index in [0.29, 0.717) is 13.0 Å². The lowest BCUT2D eigenvalue weighted by atomic mass is 9.96. The third-order valence-electron chi connectivity index (χ3n) is 4.03. The number of carbonyl (C=O) groups excluding carboxylic acids is 1. The first-order valence-corrected chi connectivity index (χ1v) is 8.74. The van der Waals surface area contributed by atoms with Crippen molar-refractivity contribution in [3.8, 4) is 0 Å². The van der Waals surface area contributed by atoms with Gasteiger partial charge in [-0.2, -0.15) is 0 Å². The lowest BCUT2D eigenvalue weighted by Crippen LogP contribution is -2.39. The maximum absolute atomic E-state index is 11.2. The van der Waals surface area contributed by atoms with Crippen molar-refractivity contribution >= 4 is 51.8 Å². The third-order valence-corrected chi connectivity index (χ3v) is 4.72. The lowest BCUT2D eigenvalue weighted by molar-refractivity contribution is -0.140. The van der Waals surface area contributed by atoms with E-state index in [1.165, 1.54) is 12.7 Å². The molecule has 1 fully saturated rings. The average molecular weight is 510 g/mol. The summed E-state index contributed by atoms with van der Waals surface area (Å²) in [5.41, 5.74) is 1.47. The molecule has 0 unspecified atom stereocenters. The van der Waals surface area contributed by atoms with Gasteiger partial charge in [0.15, 0.2) is 5.96 Å². The fraction of sp³-hybridized carbons (Fsp3) is 0.529. The molecular weight excluding hydrogens is 485 g/mol. The van der Waals surface area contributed by atoms with Crippen LogP contribution in [-0.4, -0.2) is 38.7 Å². The minimum atomic E-state index is -0.222. The van der Waals surface area contributed by atoms with E-state index >= 15 is 0 Å². The summed E-state index contributed by atoms with van der Waals surface area (Å²) in [6, 6.07) is 8.36.